The Bertz CT molecular complexity index is 680. The molecule has 0 radical (unpaired) electrons. The van der Waals surface area contributed by atoms with Gasteiger partial charge in [-0.15, -0.1) is 0 Å². The lowest BCUT2D eigenvalue weighted by Gasteiger charge is -2.06. The Morgan fingerprint density at radius 3 is 2.55 bits per heavy atom. The number of carboxylic acids is 1. The molecule has 1 aromatic heterocycles. The van der Waals surface area contributed by atoms with Crippen LogP contribution in [0.25, 0.3) is 0 Å². The molecule has 2 N–H and O–H groups in total. The van der Waals surface area contributed by atoms with E-state index in [1.807, 2.05) is 0 Å². The van der Waals surface area contributed by atoms with Gasteiger partial charge in [0.05, 0.1) is 24.8 Å². The van der Waals surface area contributed by atoms with Crippen LogP contribution in [0, 0.1) is 0 Å². The van der Waals surface area contributed by atoms with E-state index >= 15 is 0 Å². The number of hydrogen-bond acceptors (Lipinski definition) is 3. The summed E-state index contributed by atoms with van der Waals surface area (Å²) in [5.41, 5.74) is 1.22. The molecular formula is C14H13Cl2N3O3. The predicted molar refractivity (Wildman–Crippen MR) is 83.3 cm³/mol. The zero-order valence-electron chi connectivity index (χ0n) is 11.4. The Labute approximate surface area is 136 Å². The van der Waals surface area contributed by atoms with Gasteiger partial charge >= 0.3 is 5.97 Å². The zero-order valence-corrected chi connectivity index (χ0v) is 12.9. The molecule has 2 rings (SSSR count). The molecule has 0 unspecified atom stereocenters. The highest BCUT2D eigenvalue weighted by atomic mass is 35.5. The van der Waals surface area contributed by atoms with Crippen molar-refractivity contribution in [3.63, 3.8) is 0 Å². The molecule has 6 nitrogen and oxygen atoms in total. The molecule has 2 aromatic rings. The van der Waals surface area contributed by atoms with Crippen LogP contribution in [0.1, 0.15) is 18.4 Å². The lowest BCUT2D eigenvalue weighted by molar-refractivity contribution is -0.138. The van der Waals surface area contributed by atoms with E-state index in [0.29, 0.717) is 22.3 Å². The lowest BCUT2D eigenvalue weighted by atomic mass is 10.2. The van der Waals surface area contributed by atoms with Crippen LogP contribution >= 0.6 is 23.2 Å². The number of aromatic nitrogens is 2. The summed E-state index contributed by atoms with van der Waals surface area (Å²) in [5, 5.41) is 16.3. The standard InChI is InChI=1S/C14H13Cl2N3O3/c15-11-2-1-3-12(16)10(11)8-19-7-9(6-17-19)18-13(20)4-5-14(21)22/h1-3,6-7H,4-5,8H2,(H,18,20)(H,21,22). The first-order valence-corrected chi connectivity index (χ1v) is 7.18. The average molecular weight is 342 g/mol. The molecular weight excluding hydrogens is 329 g/mol. The van der Waals surface area contributed by atoms with Gasteiger partial charge in [-0.25, -0.2) is 0 Å². The van der Waals surface area contributed by atoms with Crippen LogP contribution in [0.4, 0.5) is 5.69 Å². The van der Waals surface area contributed by atoms with E-state index in [9.17, 15) is 9.59 Å². The molecule has 0 bridgehead atoms. The minimum atomic E-state index is -1.01. The molecule has 0 fully saturated rings. The fourth-order valence-corrected chi connectivity index (χ4v) is 2.32. The molecule has 0 aliphatic heterocycles. The largest absolute Gasteiger partial charge is 0.481 e. The van der Waals surface area contributed by atoms with E-state index in [-0.39, 0.29) is 18.7 Å². The number of anilines is 1. The van der Waals surface area contributed by atoms with Crippen LogP contribution in [0.5, 0.6) is 0 Å². The molecule has 0 atom stereocenters. The molecule has 0 spiro atoms. The fraction of sp³-hybridized carbons (Fsp3) is 0.214. The molecule has 22 heavy (non-hydrogen) atoms. The molecule has 0 saturated carbocycles. The molecule has 1 aromatic carbocycles. The van der Waals surface area contributed by atoms with Crippen molar-refractivity contribution < 1.29 is 14.7 Å². The number of nitrogens with zero attached hydrogens (tertiary/aromatic N) is 2. The molecule has 1 heterocycles. The second kappa shape index (κ2) is 7.29. The first-order valence-electron chi connectivity index (χ1n) is 6.42. The van der Waals surface area contributed by atoms with Crippen LogP contribution in [0.2, 0.25) is 10.0 Å². The van der Waals surface area contributed by atoms with Crippen molar-refractivity contribution in [1.82, 2.24) is 9.78 Å². The number of hydrogen-bond donors (Lipinski definition) is 2. The van der Waals surface area contributed by atoms with Crippen molar-refractivity contribution >= 4 is 40.8 Å². The van der Waals surface area contributed by atoms with Gasteiger partial charge in [-0.05, 0) is 12.1 Å². The fourth-order valence-electron chi connectivity index (χ4n) is 1.80. The summed E-state index contributed by atoms with van der Waals surface area (Å²) in [4.78, 5) is 21.9. The highest BCUT2D eigenvalue weighted by Gasteiger charge is 2.09. The minimum absolute atomic E-state index is 0.0865. The van der Waals surface area contributed by atoms with Crippen LogP contribution in [-0.4, -0.2) is 26.8 Å². The zero-order chi connectivity index (χ0) is 16.1. The van der Waals surface area contributed by atoms with Crippen molar-refractivity contribution in [2.24, 2.45) is 0 Å². The number of aliphatic carboxylic acids is 1. The Balaban J connectivity index is 2.00. The second-order valence-electron chi connectivity index (χ2n) is 4.57. The van der Waals surface area contributed by atoms with Crippen molar-refractivity contribution in [3.05, 3.63) is 46.2 Å². The summed E-state index contributed by atoms with van der Waals surface area (Å²) in [6, 6.07) is 5.23. The van der Waals surface area contributed by atoms with Crippen molar-refractivity contribution in [3.8, 4) is 0 Å². The second-order valence-corrected chi connectivity index (χ2v) is 5.38. The third-order valence-corrected chi connectivity index (χ3v) is 3.57. The Hall–Kier alpha value is -2.05. The van der Waals surface area contributed by atoms with Gasteiger partial charge in [0.25, 0.3) is 0 Å². The molecule has 0 aliphatic rings. The maximum atomic E-state index is 11.5. The molecule has 1 amide bonds. The van der Waals surface area contributed by atoms with E-state index in [2.05, 4.69) is 10.4 Å². The van der Waals surface area contributed by atoms with Gasteiger partial charge in [0.15, 0.2) is 0 Å². The Morgan fingerprint density at radius 1 is 1.23 bits per heavy atom. The first kappa shape index (κ1) is 16.3. The van der Waals surface area contributed by atoms with Gasteiger partial charge in [-0.1, -0.05) is 29.3 Å². The normalized spacial score (nSPS) is 10.5. The molecule has 0 saturated heterocycles. The third kappa shape index (κ3) is 4.47. The number of amides is 1. The number of nitrogens with one attached hydrogen (secondary N) is 1. The van der Waals surface area contributed by atoms with E-state index in [1.165, 1.54) is 6.20 Å². The van der Waals surface area contributed by atoms with Crippen molar-refractivity contribution in [2.75, 3.05) is 5.32 Å². The smallest absolute Gasteiger partial charge is 0.303 e. The predicted octanol–water partition coefficient (Wildman–Crippen LogP) is 3.04. The van der Waals surface area contributed by atoms with Gasteiger partial charge < -0.3 is 10.4 Å². The van der Waals surface area contributed by atoms with Crippen LogP contribution < -0.4 is 5.32 Å². The average Bonchev–Trinajstić information content (AvgIpc) is 2.88. The van der Waals surface area contributed by atoms with Crippen molar-refractivity contribution in [2.45, 2.75) is 19.4 Å². The summed E-state index contributed by atoms with van der Waals surface area (Å²) < 4.78 is 1.58. The van der Waals surface area contributed by atoms with Gasteiger partial charge in [0.1, 0.15) is 0 Å². The summed E-state index contributed by atoms with van der Waals surface area (Å²) in [6.07, 6.45) is 2.80. The summed E-state index contributed by atoms with van der Waals surface area (Å²) in [6.45, 7) is 0.365. The van der Waals surface area contributed by atoms with Crippen molar-refractivity contribution in [1.29, 1.82) is 0 Å². The van der Waals surface area contributed by atoms with Gasteiger partial charge in [0.2, 0.25) is 5.91 Å². The highest BCUT2D eigenvalue weighted by Crippen LogP contribution is 2.25. The van der Waals surface area contributed by atoms with E-state index in [1.54, 1.807) is 29.1 Å². The van der Waals surface area contributed by atoms with Gasteiger partial charge in [-0.2, -0.15) is 5.10 Å². The maximum absolute atomic E-state index is 11.5. The number of benzene rings is 1. The van der Waals surface area contributed by atoms with Gasteiger partial charge in [-0.3, -0.25) is 14.3 Å². The first-order chi connectivity index (χ1) is 10.5. The van der Waals surface area contributed by atoms with Gasteiger partial charge in [0, 0.05) is 28.2 Å². The topological polar surface area (TPSA) is 84.2 Å². The highest BCUT2D eigenvalue weighted by molar-refractivity contribution is 6.35. The number of halogens is 2. The Morgan fingerprint density at radius 2 is 1.91 bits per heavy atom. The summed E-state index contributed by atoms with van der Waals surface area (Å²) in [5.74, 6) is -1.39. The Kier molecular flexibility index (Phi) is 5.41. The number of rotatable bonds is 6. The minimum Gasteiger partial charge on any atom is -0.481 e. The molecule has 8 heteroatoms. The van der Waals surface area contributed by atoms with Crippen LogP contribution in [0.15, 0.2) is 30.6 Å². The number of carboxylic acid groups (broad SMARTS) is 1. The molecule has 0 aliphatic carbocycles. The van der Waals surface area contributed by atoms with E-state index in [0.717, 1.165) is 5.56 Å². The van der Waals surface area contributed by atoms with E-state index < -0.39 is 5.97 Å². The van der Waals surface area contributed by atoms with E-state index in [4.69, 9.17) is 28.3 Å². The third-order valence-electron chi connectivity index (χ3n) is 2.86. The monoisotopic (exact) mass is 341 g/mol. The quantitative estimate of drug-likeness (QED) is 0.845. The SMILES string of the molecule is O=C(O)CCC(=O)Nc1cnn(Cc2c(Cl)cccc2Cl)c1. The van der Waals surface area contributed by atoms with Crippen LogP contribution in [-0.2, 0) is 16.1 Å². The molecule has 116 valence electrons. The summed E-state index contributed by atoms with van der Waals surface area (Å²) >= 11 is 12.2. The maximum Gasteiger partial charge on any atom is 0.303 e. The number of carbonyl (C=O) groups is 2. The lowest BCUT2D eigenvalue weighted by Crippen LogP contribution is -2.12. The van der Waals surface area contributed by atoms with Crippen LogP contribution in [0.3, 0.4) is 0 Å². The summed E-state index contributed by atoms with van der Waals surface area (Å²) in [7, 11) is 0. The number of carbonyl (C=O) groups excluding carboxylic acids is 1.